The van der Waals surface area contributed by atoms with Crippen molar-refractivity contribution in [3.63, 3.8) is 0 Å². The molecule has 2 heteroatoms. The van der Waals surface area contributed by atoms with Crippen molar-refractivity contribution >= 4 is 0 Å². The van der Waals surface area contributed by atoms with Crippen LogP contribution in [0.4, 0.5) is 0 Å². The van der Waals surface area contributed by atoms with Gasteiger partial charge in [0.25, 0.3) is 0 Å². The molecule has 0 bridgehead atoms. The summed E-state index contributed by atoms with van der Waals surface area (Å²) in [5.74, 6) is 0.825. The quantitative estimate of drug-likeness (QED) is 0.858. The molecule has 2 nitrogen and oxygen atoms in total. The SMILES string of the molecule is CNCC1CCCCN(Cc2ccccc2)C1. The Labute approximate surface area is 105 Å². The van der Waals surface area contributed by atoms with Gasteiger partial charge in [0.05, 0.1) is 0 Å². The fraction of sp³-hybridized carbons (Fsp3) is 0.600. The largest absolute Gasteiger partial charge is 0.319 e. The van der Waals surface area contributed by atoms with E-state index in [1.807, 2.05) is 0 Å². The highest BCUT2D eigenvalue weighted by molar-refractivity contribution is 5.14. The number of nitrogens with zero attached hydrogens (tertiary/aromatic N) is 1. The smallest absolute Gasteiger partial charge is 0.0233 e. The molecule has 0 amide bonds. The fourth-order valence-corrected chi connectivity index (χ4v) is 2.76. The van der Waals surface area contributed by atoms with E-state index in [1.54, 1.807) is 0 Å². The zero-order valence-electron chi connectivity index (χ0n) is 10.9. The highest BCUT2D eigenvalue weighted by atomic mass is 15.1. The van der Waals surface area contributed by atoms with Crippen LogP contribution in [0.3, 0.4) is 0 Å². The second-order valence-electron chi connectivity index (χ2n) is 5.14. The minimum Gasteiger partial charge on any atom is -0.319 e. The van der Waals surface area contributed by atoms with Gasteiger partial charge in [0.15, 0.2) is 0 Å². The minimum absolute atomic E-state index is 0.825. The summed E-state index contributed by atoms with van der Waals surface area (Å²) in [6, 6.07) is 10.8. The molecule has 2 rings (SSSR count). The Morgan fingerprint density at radius 2 is 2.06 bits per heavy atom. The Balaban J connectivity index is 1.90. The van der Waals surface area contributed by atoms with Crippen LogP contribution in [0.25, 0.3) is 0 Å². The lowest BCUT2D eigenvalue weighted by Gasteiger charge is -2.24. The van der Waals surface area contributed by atoms with E-state index in [2.05, 4.69) is 47.6 Å². The third-order valence-electron chi connectivity index (χ3n) is 3.59. The molecule has 1 aliphatic heterocycles. The van der Waals surface area contributed by atoms with Gasteiger partial charge in [0.1, 0.15) is 0 Å². The Bertz CT molecular complexity index is 310. The summed E-state index contributed by atoms with van der Waals surface area (Å²) >= 11 is 0. The molecular formula is C15H24N2. The van der Waals surface area contributed by atoms with Crippen LogP contribution in [0.2, 0.25) is 0 Å². The maximum atomic E-state index is 3.32. The van der Waals surface area contributed by atoms with E-state index < -0.39 is 0 Å². The molecule has 1 aromatic carbocycles. The number of benzene rings is 1. The van der Waals surface area contributed by atoms with Gasteiger partial charge in [-0.05, 0) is 44.5 Å². The molecule has 1 unspecified atom stereocenters. The molecule has 0 radical (unpaired) electrons. The lowest BCUT2D eigenvalue weighted by Crippen LogP contribution is -2.32. The van der Waals surface area contributed by atoms with Crippen LogP contribution in [-0.2, 0) is 6.54 Å². The molecule has 0 aliphatic carbocycles. The third-order valence-corrected chi connectivity index (χ3v) is 3.59. The van der Waals surface area contributed by atoms with Crippen molar-refractivity contribution in [3.8, 4) is 0 Å². The van der Waals surface area contributed by atoms with Crippen LogP contribution in [0, 0.1) is 5.92 Å². The number of likely N-dealkylation sites (tertiary alicyclic amines) is 1. The highest BCUT2D eigenvalue weighted by Crippen LogP contribution is 2.17. The highest BCUT2D eigenvalue weighted by Gasteiger charge is 2.17. The number of hydrogen-bond acceptors (Lipinski definition) is 2. The van der Waals surface area contributed by atoms with Crippen molar-refractivity contribution in [2.75, 3.05) is 26.7 Å². The average molecular weight is 232 g/mol. The van der Waals surface area contributed by atoms with Crippen LogP contribution in [0.1, 0.15) is 24.8 Å². The summed E-state index contributed by atoms with van der Waals surface area (Å²) in [5.41, 5.74) is 1.44. The molecule has 1 heterocycles. The van der Waals surface area contributed by atoms with Gasteiger partial charge in [-0.15, -0.1) is 0 Å². The van der Waals surface area contributed by atoms with Crippen molar-refractivity contribution in [3.05, 3.63) is 35.9 Å². The summed E-state index contributed by atoms with van der Waals surface area (Å²) in [7, 11) is 2.06. The summed E-state index contributed by atoms with van der Waals surface area (Å²) < 4.78 is 0. The normalized spacial score (nSPS) is 22.3. The van der Waals surface area contributed by atoms with E-state index in [9.17, 15) is 0 Å². The first-order valence-electron chi connectivity index (χ1n) is 6.79. The topological polar surface area (TPSA) is 15.3 Å². The average Bonchev–Trinajstić information content (AvgIpc) is 2.56. The van der Waals surface area contributed by atoms with Crippen molar-refractivity contribution in [1.82, 2.24) is 10.2 Å². The van der Waals surface area contributed by atoms with E-state index in [-0.39, 0.29) is 0 Å². The molecule has 0 saturated carbocycles. The second kappa shape index (κ2) is 6.77. The minimum atomic E-state index is 0.825. The number of hydrogen-bond donors (Lipinski definition) is 1. The van der Waals surface area contributed by atoms with Crippen molar-refractivity contribution in [2.45, 2.75) is 25.8 Å². The van der Waals surface area contributed by atoms with Crippen LogP contribution >= 0.6 is 0 Å². The zero-order valence-corrected chi connectivity index (χ0v) is 10.9. The molecular weight excluding hydrogens is 208 g/mol. The van der Waals surface area contributed by atoms with E-state index in [1.165, 1.54) is 37.9 Å². The number of nitrogens with one attached hydrogen (secondary N) is 1. The van der Waals surface area contributed by atoms with Crippen LogP contribution in [0.5, 0.6) is 0 Å². The first-order valence-corrected chi connectivity index (χ1v) is 6.79. The standard InChI is InChI=1S/C15H24N2/c1-16-11-15-9-5-6-10-17(13-15)12-14-7-3-2-4-8-14/h2-4,7-8,15-16H,5-6,9-13H2,1H3. The van der Waals surface area contributed by atoms with E-state index in [4.69, 9.17) is 0 Å². The molecule has 1 saturated heterocycles. The van der Waals surface area contributed by atoms with Crippen molar-refractivity contribution in [2.24, 2.45) is 5.92 Å². The molecule has 1 aliphatic rings. The van der Waals surface area contributed by atoms with E-state index >= 15 is 0 Å². The molecule has 1 aromatic rings. The fourth-order valence-electron chi connectivity index (χ4n) is 2.76. The predicted octanol–water partition coefficient (Wildman–Crippen LogP) is 2.51. The van der Waals surface area contributed by atoms with Gasteiger partial charge in [-0.1, -0.05) is 36.8 Å². The first kappa shape index (κ1) is 12.6. The molecule has 17 heavy (non-hydrogen) atoms. The zero-order chi connectivity index (χ0) is 11.9. The lowest BCUT2D eigenvalue weighted by atomic mass is 10.0. The molecule has 1 N–H and O–H groups in total. The van der Waals surface area contributed by atoms with Crippen molar-refractivity contribution in [1.29, 1.82) is 0 Å². The predicted molar refractivity (Wildman–Crippen MR) is 73.0 cm³/mol. The van der Waals surface area contributed by atoms with Gasteiger partial charge in [-0.2, -0.15) is 0 Å². The molecule has 0 aromatic heterocycles. The van der Waals surface area contributed by atoms with Crippen LogP contribution < -0.4 is 5.32 Å². The van der Waals surface area contributed by atoms with Crippen molar-refractivity contribution < 1.29 is 0 Å². The third kappa shape index (κ3) is 4.14. The van der Waals surface area contributed by atoms with E-state index in [0.717, 1.165) is 19.0 Å². The summed E-state index contributed by atoms with van der Waals surface area (Å²) in [5, 5.41) is 3.32. The Kier molecular flexibility index (Phi) is 5.02. The van der Waals surface area contributed by atoms with E-state index in [0.29, 0.717) is 0 Å². The number of rotatable bonds is 4. The summed E-state index contributed by atoms with van der Waals surface area (Å²) in [4.78, 5) is 2.62. The van der Waals surface area contributed by atoms with Gasteiger partial charge in [0, 0.05) is 13.1 Å². The first-order chi connectivity index (χ1) is 8.38. The van der Waals surface area contributed by atoms with Crippen LogP contribution in [0.15, 0.2) is 30.3 Å². The van der Waals surface area contributed by atoms with Gasteiger partial charge >= 0.3 is 0 Å². The maximum Gasteiger partial charge on any atom is 0.0233 e. The van der Waals surface area contributed by atoms with Gasteiger partial charge < -0.3 is 5.32 Å². The molecule has 1 fully saturated rings. The maximum absolute atomic E-state index is 3.32. The lowest BCUT2D eigenvalue weighted by molar-refractivity contribution is 0.239. The molecule has 1 atom stereocenters. The monoisotopic (exact) mass is 232 g/mol. The Morgan fingerprint density at radius 3 is 2.82 bits per heavy atom. The molecule has 94 valence electrons. The van der Waals surface area contributed by atoms with Gasteiger partial charge in [0.2, 0.25) is 0 Å². The Hall–Kier alpha value is -0.860. The Morgan fingerprint density at radius 1 is 1.24 bits per heavy atom. The summed E-state index contributed by atoms with van der Waals surface area (Å²) in [6.07, 6.45) is 4.12. The molecule has 0 spiro atoms. The van der Waals surface area contributed by atoms with Gasteiger partial charge in [-0.3, -0.25) is 4.90 Å². The van der Waals surface area contributed by atoms with Crippen LogP contribution in [-0.4, -0.2) is 31.6 Å². The second-order valence-corrected chi connectivity index (χ2v) is 5.14. The van der Waals surface area contributed by atoms with Gasteiger partial charge in [-0.25, -0.2) is 0 Å². The summed E-state index contributed by atoms with van der Waals surface area (Å²) in [6.45, 7) is 4.77.